The topological polar surface area (TPSA) is 64.3 Å². The lowest BCUT2D eigenvalue weighted by Crippen LogP contribution is -2.51. The van der Waals surface area contributed by atoms with E-state index in [1.165, 1.54) is 32.1 Å². The molecule has 3 N–H and O–H groups in total. The second-order valence-electron chi connectivity index (χ2n) is 7.62. The summed E-state index contributed by atoms with van der Waals surface area (Å²) in [5.74, 6) is 3.24. The van der Waals surface area contributed by atoms with Crippen molar-refractivity contribution in [2.24, 2.45) is 23.7 Å². The van der Waals surface area contributed by atoms with Gasteiger partial charge in [0.05, 0.1) is 23.5 Å². The molecule has 1 aromatic carbocycles. The predicted octanol–water partition coefficient (Wildman–Crippen LogP) is 3.68. The Morgan fingerprint density at radius 1 is 1.17 bits per heavy atom. The molecule has 0 radical (unpaired) electrons. The lowest BCUT2D eigenvalue weighted by atomic mass is 9.54. The number of carbonyl (C=O) groups excluding carboxylic acids is 1. The maximum Gasteiger partial charge on any atom is 0.338 e. The van der Waals surface area contributed by atoms with Crippen molar-refractivity contribution < 1.29 is 9.53 Å². The van der Waals surface area contributed by atoms with Gasteiger partial charge in [-0.2, -0.15) is 0 Å². The van der Waals surface area contributed by atoms with Gasteiger partial charge in [-0.1, -0.05) is 0 Å². The van der Waals surface area contributed by atoms with Gasteiger partial charge in [0, 0.05) is 6.04 Å². The van der Waals surface area contributed by atoms with E-state index in [0.717, 1.165) is 29.4 Å². The molecule has 0 atom stereocenters. The van der Waals surface area contributed by atoms with Crippen LogP contribution in [0.15, 0.2) is 18.2 Å². The molecule has 5 rings (SSSR count). The van der Waals surface area contributed by atoms with Crippen LogP contribution >= 0.6 is 0 Å². The second kappa shape index (κ2) is 5.73. The number of esters is 1. The molecule has 4 fully saturated rings. The van der Waals surface area contributed by atoms with Crippen molar-refractivity contribution in [3.63, 3.8) is 0 Å². The van der Waals surface area contributed by atoms with Crippen molar-refractivity contribution in [1.29, 1.82) is 0 Å². The summed E-state index contributed by atoms with van der Waals surface area (Å²) in [6, 6.07) is 6.04. The summed E-state index contributed by atoms with van der Waals surface area (Å²) in [7, 11) is 0. The van der Waals surface area contributed by atoms with E-state index in [1.807, 2.05) is 19.1 Å². The highest BCUT2D eigenvalue weighted by Crippen LogP contribution is 2.54. The van der Waals surface area contributed by atoms with Gasteiger partial charge in [0.1, 0.15) is 0 Å². The van der Waals surface area contributed by atoms with Crippen LogP contribution in [0.2, 0.25) is 0 Å². The summed E-state index contributed by atoms with van der Waals surface area (Å²) in [6.07, 6.45) is 6.99. The van der Waals surface area contributed by atoms with Gasteiger partial charge >= 0.3 is 5.97 Å². The molecule has 1 aromatic rings. The van der Waals surface area contributed by atoms with Crippen molar-refractivity contribution >= 4 is 17.3 Å². The first-order valence-corrected chi connectivity index (χ1v) is 8.97. The number of ether oxygens (including phenoxy) is 1. The third kappa shape index (κ3) is 2.68. The van der Waals surface area contributed by atoms with Crippen LogP contribution in [0.1, 0.15) is 49.4 Å². The molecule has 4 heteroatoms. The molecule has 124 valence electrons. The van der Waals surface area contributed by atoms with Crippen LogP contribution in [-0.2, 0) is 4.74 Å². The van der Waals surface area contributed by atoms with Crippen molar-refractivity contribution in [2.75, 3.05) is 17.7 Å². The predicted molar refractivity (Wildman–Crippen MR) is 91.3 cm³/mol. The average molecular weight is 314 g/mol. The van der Waals surface area contributed by atoms with E-state index in [2.05, 4.69) is 5.32 Å². The number of nitrogens with one attached hydrogen (secondary N) is 1. The Bertz CT molecular complexity index is 585. The first-order chi connectivity index (χ1) is 11.1. The Morgan fingerprint density at radius 2 is 1.83 bits per heavy atom. The molecule has 4 aliphatic rings. The van der Waals surface area contributed by atoms with Gasteiger partial charge in [-0.3, -0.25) is 0 Å². The monoisotopic (exact) mass is 314 g/mol. The van der Waals surface area contributed by atoms with Gasteiger partial charge in [0.25, 0.3) is 0 Å². The highest BCUT2D eigenvalue weighted by atomic mass is 16.5. The molecule has 4 saturated carbocycles. The quantitative estimate of drug-likeness (QED) is 0.657. The van der Waals surface area contributed by atoms with E-state index in [9.17, 15) is 4.79 Å². The normalized spacial score (nSPS) is 34.4. The van der Waals surface area contributed by atoms with Gasteiger partial charge in [0.15, 0.2) is 0 Å². The molecule has 0 amide bonds. The first-order valence-electron chi connectivity index (χ1n) is 8.97. The van der Waals surface area contributed by atoms with Crippen molar-refractivity contribution in [3.05, 3.63) is 23.8 Å². The molecule has 0 aliphatic heterocycles. The number of rotatable bonds is 4. The van der Waals surface area contributed by atoms with E-state index in [4.69, 9.17) is 10.5 Å². The molecule has 4 nitrogen and oxygen atoms in total. The third-order valence-corrected chi connectivity index (χ3v) is 6.11. The average Bonchev–Trinajstić information content (AvgIpc) is 2.51. The SMILES string of the molecule is CCOC(=O)c1ccc(NC2C3CC4CC(C3)CC2C4)c(N)c1. The molecular formula is C19H26N2O2. The fourth-order valence-electron chi connectivity index (χ4n) is 5.38. The number of hydrogen-bond acceptors (Lipinski definition) is 4. The zero-order chi connectivity index (χ0) is 16.0. The van der Waals surface area contributed by atoms with Gasteiger partial charge in [0.2, 0.25) is 0 Å². The van der Waals surface area contributed by atoms with E-state index in [0.29, 0.717) is 23.9 Å². The zero-order valence-corrected chi connectivity index (χ0v) is 13.8. The highest BCUT2D eigenvalue weighted by Gasteiger charge is 2.48. The summed E-state index contributed by atoms with van der Waals surface area (Å²) in [6.45, 7) is 2.19. The Balaban J connectivity index is 1.50. The standard InChI is InChI=1S/C19H26N2O2/c1-2-23-19(22)13-3-4-17(16(20)10-13)21-18-14-6-11-5-12(8-14)9-15(18)7-11/h3-4,10-12,14-15,18,21H,2,5-9,20H2,1H3. The highest BCUT2D eigenvalue weighted by molar-refractivity contribution is 5.92. The molecule has 4 bridgehead atoms. The first kappa shape index (κ1) is 14.9. The molecule has 0 spiro atoms. The number of hydrogen-bond donors (Lipinski definition) is 2. The molecule has 23 heavy (non-hydrogen) atoms. The largest absolute Gasteiger partial charge is 0.462 e. The van der Waals surface area contributed by atoms with Crippen molar-refractivity contribution in [3.8, 4) is 0 Å². The Kier molecular flexibility index (Phi) is 3.70. The summed E-state index contributed by atoms with van der Waals surface area (Å²) >= 11 is 0. The van der Waals surface area contributed by atoms with Crippen LogP contribution in [0.25, 0.3) is 0 Å². The lowest BCUT2D eigenvalue weighted by molar-refractivity contribution is 0.00756. The minimum absolute atomic E-state index is 0.305. The molecular weight excluding hydrogens is 288 g/mol. The number of anilines is 2. The lowest BCUT2D eigenvalue weighted by Gasteiger charge is -2.54. The Labute approximate surface area is 137 Å². The van der Waals surface area contributed by atoms with Crippen LogP contribution in [0.3, 0.4) is 0 Å². The van der Waals surface area contributed by atoms with E-state index < -0.39 is 0 Å². The zero-order valence-electron chi connectivity index (χ0n) is 13.8. The maximum atomic E-state index is 11.8. The molecule has 0 aromatic heterocycles. The van der Waals surface area contributed by atoms with Gasteiger partial charge in [-0.15, -0.1) is 0 Å². The molecule has 0 unspecified atom stereocenters. The summed E-state index contributed by atoms with van der Waals surface area (Å²) in [5, 5.41) is 3.71. The van der Waals surface area contributed by atoms with Gasteiger partial charge in [-0.25, -0.2) is 4.79 Å². The second-order valence-corrected chi connectivity index (χ2v) is 7.62. The minimum Gasteiger partial charge on any atom is -0.462 e. The van der Waals surface area contributed by atoms with Crippen LogP contribution in [-0.4, -0.2) is 18.6 Å². The van der Waals surface area contributed by atoms with Crippen molar-refractivity contribution in [1.82, 2.24) is 0 Å². The molecule has 0 saturated heterocycles. The Hall–Kier alpha value is -1.71. The van der Waals surface area contributed by atoms with E-state index in [-0.39, 0.29) is 5.97 Å². The number of nitrogen functional groups attached to an aromatic ring is 1. The number of benzene rings is 1. The molecule has 0 heterocycles. The number of carbonyl (C=O) groups is 1. The van der Waals surface area contributed by atoms with E-state index >= 15 is 0 Å². The fourth-order valence-corrected chi connectivity index (χ4v) is 5.38. The summed E-state index contributed by atoms with van der Waals surface area (Å²) in [4.78, 5) is 11.8. The molecule has 4 aliphatic carbocycles. The van der Waals surface area contributed by atoms with E-state index in [1.54, 1.807) is 6.07 Å². The Morgan fingerprint density at radius 3 is 2.39 bits per heavy atom. The van der Waals surface area contributed by atoms with Crippen LogP contribution in [0.5, 0.6) is 0 Å². The summed E-state index contributed by atoms with van der Waals surface area (Å²) in [5.41, 5.74) is 8.33. The van der Waals surface area contributed by atoms with Gasteiger partial charge in [-0.05, 0) is 80.9 Å². The van der Waals surface area contributed by atoms with Gasteiger partial charge < -0.3 is 15.8 Å². The van der Waals surface area contributed by atoms with Crippen molar-refractivity contribution in [2.45, 2.75) is 45.1 Å². The minimum atomic E-state index is -0.305. The maximum absolute atomic E-state index is 11.8. The van der Waals surface area contributed by atoms with Crippen LogP contribution in [0, 0.1) is 23.7 Å². The van der Waals surface area contributed by atoms with Crippen LogP contribution < -0.4 is 11.1 Å². The fraction of sp³-hybridized carbons (Fsp3) is 0.632. The van der Waals surface area contributed by atoms with Crippen LogP contribution in [0.4, 0.5) is 11.4 Å². The summed E-state index contributed by atoms with van der Waals surface area (Å²) < 4.78 is 5.04. The third-order valence-electron chi connectivity index (χ3n) is 6.11. The number of nitrogens with two attached hydrogens (primary N) is 1. The smallest absolute Gasteiger partial charge is 0.338 e.